The van der Waals surface area contributed by atoms with Crippen molar-refractivity contribution in [2.75, 3.05) is 6.54 Å². The largest absolute Gasteiger partial charge is 0.338 e. The summed E-state index contributed by atoms with van der Waals surface area (Å²) in [5.41, 5.74) is 2.66. The zero-order valence-corrected chi connectivity index (χ0v) is 13.1. The van der Waals surface area contributed by atoms with Gasteiger partial charge in [0.2, 0.25) is 5.91 Å². The summed E-state index contributed by atoms with van der Waals surface area (Å²) in [6.07, 6.45) is 4.31. The molecule has 0 spiro atoms. The van der Waals surface area contributed by atoms with E-state index >= 15 is 0 Å². The van der Waals surface area contributed by atoms with Gasteiger partial charge in [-0.1, -0.05) is 38.1 Å². The molecule has 1 atom stereocenters. The molecule has 0 radical (unpaired) electrons. The first kappa shape index (κ1) is 14.6. The van der Waals surface area contributed by atoms with Crippen LogP contribution in [0.1, 0.15) is 44.2 Å². The van der Waals surface area contributed by atoms with Crippen LogP contribution in [0.25, 0.3) is 0 Å². The van der Waals surface area contributed by atoms with Gasteiger partial charge in [0.25, 0.3) is 0 Å². The van der Waals surface area contributed by atoms with E-state index in [2.05, 4.69) is 48.3 Å². The Kier molecular flexibility index (Phi) is 4.29. The first-order valence-corrected chi connectivity index (χ1v) is 8.26. The van der Waals surface area contributed by atoms with E-state index in [1.807, 2.05) is 0 Å². The van der Waals surface area contributed by atoms with Crippen molar-refractivity contribution in [3.05, 3.63) is 35.4 Å². The molecule has 21 heavy (non-hydrogen) atoms. The Bertz CT molecular complexity index is 508. The predicted molar refractivity (Wildman–Crippen MR) is 85.0 cm³/mol. The first-order valence-electron chi connectivity index (χ1n) is 8.26. The van der Waals surface area contributed by atoms with Crippen molar-refractivity contribution >= 4 is 5.91 Å². The first-order chi connectivity index (χ1) is 10.1. The van der Waals surface area contributed by atoms with Gasteiger partial charge in [0, 0.05) is 19.1 Å². The van der Waals surface area contributed by atoms with Crippen LogP contribution in [0.2, 0.25) is 0 Å². The number of nitrogens with one attached hydrogen (secondary N) is 1. The van der Waals surface area contributed by atoms with Crippen LogP contribution in [0.3, 0.4) is 0 Å². The van der Waals surface area contributed by atoms with Crippen molar-refractivity contribution in [2.24, 2.45) is 5.92 Å². The summed E-state index contributed by atoms with van der Waals surface area (Å²) in [6.45, 7) is 6.19. The standard InChI is InChI=1S/C18H26N2O/c1-13(2)9-10-20(16-7-8-16)18(21)17-11-14-5-3-4-6-15(14)12-19-17/h3-6,13,16-17,19H,7-12H2,1-2H3/t17-/m0/s1. The minimum Gasteiger partial charge on any atom is -0.338 e. The van der Waals surface area contributed by atoms with Crippen LogP contribution in [-0.2, 0) is 17.8 Å². The lowest BCUT2D eigenvalue weighted by molar-refractivity contribution is -0.134. The molecule has 0 saturated heterocycles. The van der Waals surface area contributed by atoms with Crippen molar-refractivity contribution in [1.82, 2.24) is 10.2 Å². The van der Waals surface area contributed by atoms with Gasteiger partial charge in [0.05, 0.1) is 6.04 Å². The number of carbonyl (C=O) groups excluding carboxylic acids is 1. The van der Waals surface area contributed by atoms with Crippen LogP contribution in [0, 0.1) is 5.92 Å². The van der Waals surface area contributed by atoms with Crippen molar-refractivity contribution in [3.63, 3.8) is 0 Å². The molecule has 1 heterocycles. The van der Waals surface area contributed by atoms with Crippen LogP contribution >= 0.6 is 0 Å². The number of rotatable bonds is 5. The van der Waals surface area contributed by atoms with Crippen molar-refractivity contribution in [3.8, 4) is 0 Å². The molecule has 114 valence electrons. The molecule has 3 rings (SSSR count). The number of hydrogen-bond donors (Lipinski definition) is 1. The highest BCUT2D eigenvalue weighted by molar-refractivity contribution is 5.83. The molecular formula is C18H26N2O. The highest BCUT2D eigenvalue weighted by Crippen LogP contribution is 2.29. The van der Waals surface area contributed by atoms with E-state index in [0.717, 1.165) is 25.9 Å². The Hall–Kier alpha value is -1.35. The maximum atomic E-state index is 12.9. The van der Waals surface area contributed by atoms with E-state index in [-0.39, 0.29) is 6.04 Å². The molecule has 1 aliphatic heterocycles. The molecule has 3 nitrogen and oxygen atoms in total. The van der Waals surface area contributed by atoms with Gasteiger partial charge in [0.1, 0.15) is 0 Å². The Morgan fingerprint density at radius 3 is 2.67 bits per heavy atom. The van der Waals surface area contributed by atoms with E-state index in [1.54, 1.807) is 0 Å². The molecular weight excluding hydrogens is 260 g/mol. The molecule has 1 aliphatic carbocycles. The number of nitrogens with zero attached hydrogens (tertiary/aromatic N) is 1. The molecule has 1 aromatic carbocycles. The lowest BCUT2D eigenvalue weighted by Crippen LogP contribution is -2.50. The van der Waals surface area contributed by atoms with E-state index < -0.39 is 0 Å². The summed E-state index contributed by atoms with van der Waals surface area (Å²) in [7, 11) is 0. The molecule has 0 bridgehead atoms. The summed E-state index contributed by atoms with van der Waals surface area (Å²) in [6, 6.07) is 8.93. The van der Waals surface area contributed by atoms with Crippen LogP contribution in [0.15, 0.2) is 24.3 Å². The van der Waals surface area contributed by atoms with Crippen LogP contribution in [-0.4, -0.2) is 29.4 Å². The monoisotopic (exact) mass is 286 g/mol. The number of amides is 1. The van der Waals surface area contributed by atoms with Crippen molar-refractivity contribution in [2.45, 2.75) is 58.2 Å². The third kappa shape index (κ3) is 3.46. The molecule has 0 aromatic heterocycles. The van der Waals surface area contributed by atoms with Gasteiger partial charge >= 0.3 is 0 Å². The van der Waals surface area contributed by atoms with Crippen LogP contribution in [0.5, 0.6) is 0 Å². The summed E-state index contributed by atoms with van der Waals surface area (Å²) >= 11 is 0. The SMILES string of the molecule is CC(C)CCN(C(=O)[C@@H]1Cc2ccccc2CN1)C1CC1. The molecule has 3 heteroatoms. The second kappa shape index (κ2) is 6.18. The van der Waals surface area contributed by atoms with Gasteiger partial charge in [-0.15, -0.1) is 0 Å². The summed E-state index contributed by atoms with van der Waals surface area (Å²) in [4.78, 5) is 15.0. The third-order valence-corrected chi connectivity index (χ3v) is 4.60. The van der Waals surface area contributed by atoms with Gasteiger partial charge in [-0.3, -0.25) is 4.79 Å². The van der Waals surface area contributed by atoms with Gasteiger partial charge in [-0.2, -0.15) is 0 Å². The molecule has 1 aromatic rings. The van der Waals surface area contributed by atoms with E-state index in [4.69, 9.17) is 0 Å². The van der Waals surface area contributed by atoms with E-state index in [1.165, 1.54) is 24.0 Å². The van der Waals surface area contributed by atoms with E-state index in [0.29, 0.717) is 17.9 Å². The topological polar surface area (TPSA) is 32.3 Å². The fourth-order valence-corrected chi connectivity index (χ4v) is 3.09. The number of hydrogen-bond acceptors (Lipinski definition) is 2. The minimum absolute atomic E-state index is 0.0346. The lowest BCUT2D eigenvalue weighted by atomic mass is 9.95. The van der Waals surface area contributed by atoms with Crippen molar-refractivity contribution < 1.29 is 4.79 Å². The Labute approximate surface area is 127 Å². The fraction of sp³-hybridized carbons (Fsp3) is 0.611. The number of carbonyl (C=O) groups is 1. The van der Waals surface area contributed by atoms with Gasteiger partial charge in [-0.25, -0.2) is 0 Å². The second-order valence-electron chi connectivity index (χ2n) is 6.85. The van der Waals surface area contributed by atoms with Gasteiger partial charge < -0.3 is 10.2 Å². The Balaban J connectivity index is 1.66. The van der Waals surface area contributed by atoms with Gasteiger partial charge in [-0.05, 0) is 42.7 Å². The smallest absolute Gasteiger partial charge is 0.240 e. The zero-order valence-electron chi connectivity index (χ0n) is 13.1. The normalized spacial score (nSPS) is 21.2. The van der Waals surface area contributed by atoms with Crippen LogP contribution < -0.4 is 5.32 Å². The maximum Gasteiger partial charge on any atom is 0.240 e. The van der Waals surface area contributed by atoms with Crippen LogP contribution in [0.4, 0.5) is 0 Å². The molecule has 1 N–H and O–H groups in total. The average Bonchev–Trinajstić information content (AvgIpc) is 3.31. The maximum absolute atomic E-state index is 12.9. The quantitative estimate of drug-likeness (QED) is 0.902. The molecule has 1 amide bonds. The third-order valence-electron chi connectivity index (χ3n) is 4.60. The molecule has 1 saturated carbocycles. The Morgan fingerprint density at radius 1 is 1.29 bits per heavy atom. The van der Waals surface area contributed by atoms with Crippen molar-refractivity contribution in [1.29, 1.82) is 0 Å². The summed E-state index contributed by atoms with van der Waals surface area (Å²) in [5.74, 6) is 0.965. The van der Waals surface area contributed by atoms with E-state index in [9.17, 15) is 4.79 Å². The highest BCUT2D eigenvalue weighted by atomic mass is 16.2. The molecule has 1 fully saturated rings. The second-order valence-corrected chi connectivity index (χ2v) is 6.85. The summed E-state index contributed by atoms with van der Waals surface area (Å²) < 4.78 is 0. The summed E-state index contributed by atoms with van der Waals surface area (Å²) in [5, 5.41) is 3.43. The Morgan fingerprint density at radius 2 is 2.00 bits per heavy atom. The lowest BCUT2D eigenvalue weighted by Gasteiger charge is -2.31. The van der Waals surface area contributed by atoms with Gasteiger partial charge in [0.15, 0.2) is 0 Å². The number of fused-ring (bicyclic) bond motifs is 1. The number of benzene rings is 1. The average molecular weight is 286 g/mol. The minimum atomic E-state index is -0.0346. The fourth-order valence-electron chi connectivity index (χ4n) is 3.09. The molecule has 0 unspecified atom stereocenters. The predicted octanol–water partition coefficient (Wildman–Crippen LogP) is 2.74. The molecule has 2 aliphatic rings. The zero-order chi connectivity index (χ0) is 14.8. The highest BCUT2D eigenvalue weighted by Gasteiger charge is 2.36.